The third-order valence-electron chi connectivity index (χ3n) is 0.777. The Hall–Kier alpha value is 0.0700. The molecule has 0 aromatic rings. The van der Waals surface area contributed by atoms with Crippen LogP contribution in [0.25, 0.3) is 0 Å². The zero-order valence-corrected chi connectivity index (χ0v) is 5.97. The standard InChI is InChI=1S/C3H10NO4P/c1-2-4(5)3-9(6,7)8/h4H,2-3H2,1H3,(H2,6,7,8). The Morgan fingerprint density at radius 3 is 2.22 bits per heavy atom. The van der Waals surface area contributed by atoms with Gasteiger partial charge in [-0.2, -0.15) is 0 Å². The van der Waals surface area contributed by atoms with Gasteiger partial charge in [0, 0.05) is 0 Å². The summed E-state index contributed by atoms with van der Waals surface area (Å²) >= 11 is 0. The molecular weight excluding hydrogens is 145 g/mol. The van der Waals surface area contributed by atoms with Crippen molar-refractivity contribution in [2.24, 2.45) is 0 Å². The first-order chi connectivity index (χ1) is 3.95. The van der Waals surface area contributed by atoms with Gasteiger partial charge in [-0.1, -0.05) is 0 Å². The average Bonchev–Trinajstić information content (AvgIpc) is 1.62. The van der Waals surface area contributed by atoms with Crippen molar-refractivity contribution in [1.29, 1.82) is 0 Å². The van der Waals surface area contributed by atoms with Crippen molar-refractivity contribution < 1.29 is 19.4 Å². The van der Waals surface area contributed by atoms with Crippen LogP contribution in [0.3, 0.4) is 0 Å². The molecule has 0 saturated carbocycles. The second-order valence-corrected chi connectivity index (χ2v) is 3.36. The van der Waals surface area contributed by atoms with Gasteiger partial charge >= 0.3 is 7.60 Å². The molecule has 6 heteroatoms. The van der Waals surface area contributed by atoms with Crippen LogP contribution in [0, 0.1) is 5.21 Å². The highest BCUT2D eigenvalue weighted by Crippen LogP contribution is 2.30. The lowest BCUT2D eigenvalue weighted by Gasteiger charge is -2.19. The van der Waals surface area contributed by atoms with Gasteiger partial charge in [-0.05, 0) is 6.92 Å². The minimum absolute atomic E-state index is 0.186. The van der Waals surface area contributed by atoms with Gasteiger partial charge in [-0.3, -0.25) is 4.57 Å². The van der Waals surface area contributed by atoms with Crippen LogP contribution in [0.4, 0.5) is 0 Å². The summed E-state index contributed by atoms with van der Waals surface area (Å²) in [4.78, 5) is 16.4. The summed E-state index contributed by atoms with van der Waals surface area (Å²) in [7, 11) is -4.09. The quantitative estimate of drug-likeness (QED) is 0.343. The van der Waals surface area contributed by atoms with Crippen molar-refractivity contribution in [2.45, 2.75) is 6.92 Å². The summed E-state index contributed by atoms with van der Waals surface area (Å²) < 4.78 is 10.1. The van der Waals surface area contributed by atoms with Gasteiger partial charge in [0.1, 0.15) is 0 Å². The number of rotatable bonds is 3. The van der Waals surface area contributed by atoms with Crippen molar-refractivity contribution in [1.82, 2.24) is 0 Å². The van der Waals surface area contributed by atoms with Gasteiger partial charge < -0.3 is 20.1 Å². The number of hydrogen-bond donors (Lipinski definition) is 3. The minimum Gasteiger partial charge on any atom is -0.634 e. The number of hydrogen-bond acceptors (Lipinski definition) is 2. The fourth-order valence-corrected chi connectivity index (χ4v) is 1.02. The third kappa shape index (κ3) is 5.95. The molecule has 0 fully saturated rings. The predicted molar refractivity (Wildman–Crippen MR) is 31.8 cm³/mol. The van der Waals surface area contributed by atoms with E-state index in [-0.39, 0.29) is 6.54 Å². The predicted octanol–water partition coefficient (Wildman–Crippen LogP) is -1.48. The largest absolute Gasteiger partial charge is 0.634 e. The third-order valence-corrected chi connectivity index (χ3v) is 1.54. The maximum absolute atomic E-state index is 10.3. The second kappa shape index (κ2) is 3.29. The molecule has 9 heavy (non-hydrogen) atoms. The smallest absolute Gasteiger partial charge is 0.379 e. The Balaban J connectivity index is 3.60. The van der Waals surface area contributed by atoms with E-state index in [1.807, 2.05) is 0 Å². The van der Waals surface area contributed by atoms with Gasteiger partial charge in [0.2, 0.25) is 0 Å². The zero-order valence-electron chi connectivity index (χ0n) is 5.07. The van der Waals surface area contributed by atoms with E-state index in [1.165, 1.54) is 0 Å². The molecule has 0 aromatic carbocycles. The van der Waals surface area contributed by atoms with Crippen LogP contribution in [0.15, 0.2) is 0 Å². The molecule has 1 atom stereocenters. The molecule has 56 valence electrons. The summed E-state index contributed by atoms with van der Waals surface area (Å²) in [5.74, 6) is 0. The molecule has 1 unspecified atom stereocenters. The molecule has 0 radical (unpaired) electrons. The summed E-state index contributed by atoms with van der Waals surface area (Å²) in [6.45, 7) is 1.75. The Morgan fingerprint density at radius 1 is 1.67 bits per heavy atom. The summed E-state index contributed by atoms with van der Waals surface area (Å²) in [6, 6.07) is 0. The maximum atomic E-state index is 10.3. The van der Waals surface area contributed by atoms with E-state index < -0.39 is 18.9 Å². The summed E-state index contributed by atoms with van der Waals surface area (Å²) in [5, 5.41) is 9.94. The van der Waals surface area contributed by atoms with Gasteiger partial charge in [0.15, 0.2) is 6.29 Å². The molecule has 0 spiro atoms. The minimum atomic E-state index is -4.09. The highest BCUT2D eigenvalue weighted by Gasteiger charge is 2.16. The molecule has 0 aromatic heterocycles. The zero-order chi connectivity index (χ0) is 7.49. The summed E-state index contributed by atoms with van der Waals surface area (Å²) in [6.07, 6.45) is -0.622. The lowest BCUT2D eigenvalue weighted by atomic mass is 10.8. The van der Waals surface area contributed by atoms with E-state index >= 15 is 0 Å². The average molecular weight is 155 g/mol. The number of hydroxylamine groups is 2. The molecule has 0 aliphatic heterocycles. The topological polar surface area (TPSA) is 85.0 Å². The lowest BCUT2D eigenvalue weighted by molar-refractivity contribution is -0.834. The Morgan fingerprint density at radius 2 is 2.11 bits per heavy atom. The molecule has 0 saturated heterocycles. The Kier molecular flexibility index (Phi) is 3.32. The monoisotopic (exact) mass is 155 g/mol. The molecule has 0 rings (SSSR count). The molecular formula is C3H10NO4P. The van der Waals surface area contributed by atoms with E-state index in [4.69, 9.17) is 9.79 Å². The number of nitrogens with one attached hydrogen (secondary N) is 1. The number of quaternary nitrogens is 1. The van der Waals surface area contributed by atoms with Crippen LogP contribution in [0.5, 0.6) is 0 Å². The van der Waals surface area contributed by atoms with Crippen LogP contribution in [-0.4, -0.2) is 22.6 Å². The second-order valence-electron chi connectivity index (χ2n) is 1.72. The van der Waals surface area contributed by atoms with E-state index in [1.54, 1.807) is 6.92 Å². The van der Waals surface area contributed by atoms with Crippen molar-refractivity contribution in [3.05, 3.63) is 5.21 Å². The van der Waals surface area contributed by atoms with Gasteiger partial charge in [-0.25, -0.2) is 0 Å². The Bertz CT molecular complexity index is 121. The fourth-order valence-electron chi connectivity index (χ4n) is 0.342. The Labute approximate surface area is 53.0 Å². The summed E-state index contributed by atoms with van der Waals surface area (Å²) in [5.41, 5.74) is 0. The van der Waals surface area contributed by atoms with Gasteiger partial charge in [-0.15, -0.1) is 0 Å². The molecule has 0 aliphatic rings. The van der Waals surface area contributed by atoms with Crippen molar-refractivity contribution in [2.75, 3.05) is 12.8 Å². The van der Waals surface area contributed by atoms with Gasteiger partial charge in [0.25, 0.3) is 0 Å². The normalized spacial score (nSPS) is 15.6. The molecule has 3 N–H and O–H groups in total. The maximum Gasteiger partial charge on any atom is 0.379 e. The van der Waals surface area contributed by atoms with E-state index in [0.717, 1.165) is 0 Å². The molecule has 0 heterocycles. The van der Waals surface area contributed by atoms with E-state index in [9.17, 15) is 9.77 Å². The van der Waals surface area contributed by atoms with Crippen molar-refractivity contribution >= 4 is 7.60 Å². The van der Waals surface area contributed by atoms with Crippen molar-refractivity contribution in [3.63, 3.8) is 0 Å². The first kappa shape index (κ1) is 9.07. The van der Waals surface area contributed by atoms with Crippen LogP contribution < -0.4 is 5.06 Å². The highest BCUT2D eigenvalue weighted by atomic mass is 31.2. The highest BCUT2D eigenvalue weighted by molar-refractivity contribution is 7.51. The molecule has 0 aliphatic carbocycles. The fraction of sp³-hybridized carbons (Fsp3) is 1.00. The van der Waals surface area contributed by atoms with Gasteiger partial charge in [0.05, 0.1) is 6.54 Å². The molecule has 0 amide bonds. The lowest BCUT2D eigenvalue weighted by Crippen LogP contribution is -3.06. The van der Waals surface area contributed by atoms with Crippen LogP contribution in [0.2, 0.25) is 0 Å². The van der Waals surface area contributed by atoms with Crippen LogP contribution in [-0.2, 0) is 4.57 Å². The molecule has 5 nitrogen and oxygen atoms in total. The van der Waals surface area contributed by atoms with E-state index in [0.29, 0.717) is 0 Å². The SMILES string of the molecule is CC[NH+]([O-])CP(=O)(O)O. The van der Waals surface area contributed by atoms with Crippen LogP contribution >= 0.6 is 7.60 Å². The van der Waals surface area contributed by atoms with E-state index in [2.05, 4.69) is 0 Å². The van der Waals surface area contributed by atoms with Crippen molar-refractivity contribution in [3.8, 4) is 0 Å². The first-order valence-corrected chi connectivity index (χ1v) is 4.31. The molecule has 0 bridgehead atoms. The first-order valence-electron chi connectivity index (χ1n) is 2.52. The van der Waals surface area contributed by atoms with Crippen LogP contribution in [0.1, 0.15) is 6.92 Å².